The van der Waals surface area contributed by atoms with Crippen LogP contribution in [0.1, 0.15) is 47.0 Å². The van der Waals surface area contributed by atoms with E-state index in [0.29, 0.717) is 18.0 Å². The molecule has 112 valence electrons. The van der Waals surface area contributed by atoms with Crippen LogP contribution in [0.3, 0.4) is 0 Å². The van der Waals surface area contributed by atoms with E-state index in [1.165, 1.54) is 19.3 Å². The molecule has 0 aliphatic carbocycles. The van der Waals surface area contributed by atoms with E-state index in [1.807, 2.05) is 20.8 Å². The lowest BCUT2D eigenvalue weighted by Crippen LogP contribution is -2.38. The first-order valence-corrected chi connectivity index (χ1v) is 7.53. The molecule has 0 saturated carbocycles. The van der Waals surface area contributed by atoms with Crippen molar-refractivity contribution in [3.8, 4) is 6.01 Å². The smallest absolute Gasteiger partial charge is 0.323 e. The Labute approximate surface area is 121 Å². The van der Waals surface area contributed by atoms with E-state index in [9.17, 15) is 0 Å². The third-order valence-corrected chi connectivity index (χ3v) is 3.34. The Hall–Kier alpha value is -1.59. The molecule has 1 unspecified atom stereocenters. The van der Waals surface area contributed by atoms with Gasteiger partial charge in [-0.2, -0.15) is 15.0 Å². The van der Waals surface area contributed by atoms with Crippen LogP contribution in [0.15, 0.2) is 0 Å². The highest BCUT2D eigenvalue weighted by atomic mass is 16.5. The van der Waals surface area contributed by atoms with Crippen LogP contribution in [0.2, 0.25) is 0 Å². The second kappa shape index (κ2) is 6.72. The molecule has 0 bridgehead atoms. The van der Waals surface area contributed by atoms with E-state index in [-0.39, 0.29) is 6.10 Å². The molecule has 1 fully saturated rings. The summed E-state index contributed by atoms with van der Waals surface area (Å²) in [5.41, 5.74) is 0. The maximum Gasteiger partial charge on any atom is 0.323 e. The monoisotopic (exact) mass is 279 g/mol. The largest absolute Gasteiger partial charge is 0.461 e. The Morgan fingerprint density at radius 1 is 1.30 bits per heavy atom. The molecule has 0 radical (unpaired) electrons. The lowest BCUT2D eigenvalue weighted by molar-refractivity contribution is 0.221. The minimum Gasteiger partial charge on any atom is -0.461 e. The van der Waals surface area contributed by atoms with Gasteiger partial charge in [-0.15, -0.1) is 0 Å². The fourth-order valence-electron chi connectivity index (χ4n) is 2.37. The van der Waals surface area contributed by atoms with Crippen molar-refractivity contribution in [2.45, 2.75) is 59.1 Å². The second-order valence-electron chi connectivity index (χ2n) is 5.48. The third kappa shape index (κ3) is 3.71. The average Bonchev–Trinajstić information content (AvgIpc) is 2.38. The molecule has 1 aromatic rings. The summed E-state index contributed by atoms with van der Waals surface area (Å²) in [5.74, 6) is 1.31. The number of rotatable bonds is 5. The molecule has 2 rings (SSSR count). The molecule has 1 aromatic heterocycles. The number of nitrogens with zero attached hydrogens (tertiary/aromatic N) is 4. The predicted octanol–water partition coefficient (Wildman–Crippen LogP) is 2.47. The zero-order valence-corrected chi connectivity index (χ0v) is 12.9. The van der Waals surface area contributed by atoms with Crippen molar-refractivity contribution >= 4 is 11.9 Å². The molecular weight excluding hydrogens is 254 g/mol. The standard InChI is InChI=1S/C14H25N5O/c1-5-15-12-16-13(18-14(17-12)20-10(2)3)19-9-7-6-8-11(19)4/h10-11H,5-9H2,1-4H3,(H,15,16,17,18). The van der Waals surface area contributed by atoms with Gasteiger partial charge >= 0.3 is 6.01 Å². The number of hydrogen-bond acceptors (Lipinski definition) is 6. The van der Waals surface area contributed by atoms with Crippen molar-refractivity contribution < 1.29 is 4.74 Å². The first-order valence-electron chi connectivity index (χ1n) is 7.53. The van der Waals surface area contributed by atoms with Crippen LogP contribution in [0.5, 0.6) is 6.01 Å². The SMILES string of the molecule is CCNc1nc(OC(C)C)nc(N2CCCCC2C)n1. The first-order chi connectivity index (χ1) is 9.60. The summed E-state index contributed by atoms with van der Waals surface area (Å²) in [6.45, 7) is 9.96. The van der Waals surface area contributed by atoms with E-state index >= 15 is 0 Å². The van der Waals surface area contributed by atoms with Crippen LogP contribution in [0, 0.1) is 0 Å². The van der Waals surface area contributed by atoms with Gasteiger partial charge in [0.25, 0.3) is 0 Å². The molecule has 0 amide bonds. The van der Waals surface area contributed by atoms with Gasteiger partial charge in [-0.05, 0) is 47.0 Å². The fraction of sp³-hybridized carbons (Fsp3) is 0.786. The van der Waals surface area contributed by atoms with Crippen LogP contribution in [0.4, 0.5) is 11.9 Å². The van der Waals surface area contributed by atoms with Crippen molar-refractivity contribution in [2.24, 2.45) is 0 Å². The topological polar surface area (TPSA) is 63.2 Å². The van der Waals surface area contributed by atoms with E-state index in [2.05, 4.69) is 32.1 Å². The van der Waals surface area contributed by atoms with Crippen LogP contribution >= 0.6 is 0 Å². The Bertz CT molecular complexity index is 438. The lowest BCUT2D eigenvalue weighted by atomic mass is 10.0. The van der Waals surface area contributed by atoms with Gasteiger partial charge in [-0.25, -0.2) is 0 Å². The van der Waals surface area contributed by atoms with Gasteiger partial charge in [0, 0.05) is 19.1 Å². The summed E-state index contributed by atoms with van der Waals surface area (Å²) < 4.78 is 5.64. The minimum atomic E-state index is 0.0542. The molecule has 1 saturated heterocycles. The quantitative estimate of drug-likeness (QED) is 0.893. The molecule has 0 spiro atoms. The molecule has 1 N–H and O–H groups in total. The van der Waals surface area contributed by atoms with E-state index in [1.54, 1.807) is 0 Å². The summed E-state index contributed by atoms with van der Waals surface area (Å²) >= 11 is 0. The van der Waals surface area contributed by atoms with E-state index in [0.717, 1.165) is 19.0 Å². The van der Waals surface area contributed by atoms with Crippen molar-refractivity contribution in [3.05, 3.63) is 0 Å². The number of ether oxygens (including phenoxy) is 1. The van der Waals surface area contributed by atoms with Crippen LogP contribution < -0.4 is 15.0 Å². The molecule has 20 heavy (non-hydrogen) atoms. The van der Waals surface area contributed by atoms with Crippen molar-refractivity contribution in [3.63, 3.8) is 0 Å². The first kappa shape index (κ1) is 14.8. The Morgan fingerprint density at radius 3 is 2.75 bits per heavy atom. The summed E-state index contributed by atoms with van der Waals surface area (Å²) in [6, 6.07) is 0.867. The fourth-order valence-corrected chi connectivity index (χ4v) is 2.37. The zero-order valence-electron chi connectivity index (χ0n) is 12.9. The lowest BCUT2D eigenvalue weighted by Gasteiger charge is -2.33. The summed E-state index contributed by atoms with van der Waals surface area (Å²) in [4.78, 5) is 15.5. The van der Waals surface area contributed by atoms with Gasteiger partial charge in [0.1, 0.15) is 0 Å². The number of anilines is 2. The summed E-state index contributed by atoms with van der Waals surface area (Å²) in [7, 11) is 0. The normalized spacial score (nSPS) is 19.2. The Balaban J connectivity index is 2.27. The highest BCUT2D eigenvalue weighted by Gasteiger charge is 2.22. The maximum atomic E-state index is 5.64. The minimum absolute atomic E-state index is 0.0542. The molecule has 2 heterocycles. The number of aromatic nitrogens is 3. The Kier molecular flexibility index (Phi) is 4.98. The van der Waals surface area contributed by atoms with Gasteiger partial charge in [-0.1, -0.05) is 0 Å². The van der Waals surface area contributed by atoms with Gasteiger partial charge < -0.3 is 15.0 Å². The van der Waals surface area contributed by atoms with Crippen molar-refractivity contribution in [1.29, 1.82) is 0 Å². The van der Waals surface area contributed by atoms with Crippen LogP contribution in [0.25, 0.3) is 0 Å². The average molecular weight is 279 g/mol. The Morgan fingerprint density at radius 2 is 2.10 bits per heavy atom. The van der Waals surface area contributed by atoms with Crippen molar-refractivity contribution in [2.75, 3.05) is 23.3 Å². The van der Waals surface area contributed by atoms with E-state index in [4.69, 9.17) is 4.74 Å². The number of piperidine rings is 1. The molecule has 6 nitrogen and oxygen atoms in total. The van der Waals surface area contributed by atoms with Gasteiger partial charge in [0.2, 0.25) is 11.9 Å². The molecule has 1 atom stereocenters. The summed E-state index contributed by atoms with van der Waals surface area (Å²) in [5, 5.41) is 3.15. The second-order valence-corrected chi connectivity index (χ2v) is 5.48. The molecule has 1 aliphatic heterocycles. The highest BCUT2D eigenvalue weighted by molar-refractivity contribution is 5.39. The third-order valence-electron chi connectivity index (χ3n) is 3.34. The molecular formula is C14H25N5O. The number of nitrogens with one attached hydrogen (secondary N) is 1. The molecule has 1 aliphatic rings. The predicted molar refractivity (Wildman–Crippen MR) is 80.4 cm³/mol. The highest BCUT2D eigenvalue weighted by Crippen LogP contribution is 2.23. The van der Waals surface area contributed by atoms with Gasteiger partial charge in [-0.3, -0.25) is 0 Å². The maximum absolute atomic E-state index is 5.64. The van der Waals surface area contributed by atoms with Gasteiger partial charge in [0.05, 0.1) is 6.10 Å². The molecule has 6 heteroatoms. The van der Waals surface area contributed by atoms with Crippen LogP contribution in [-0.2, 0) is 0 Å². The van der Waals surface area contributed by atoms with Crippen molar-refractivity contribution in [1.82, 2.24) is 15.0 Å². The zero-order chi connectivity index (χ0) is 14.5. The summed E-state index contributed by atoms with van der Waals surface area (Å²) in [6.07, 6.45) is 3.70. The van der Waals surface area contributed by atoms with Gasteiger partial charge in [0.15, 0.2) is 0 Å². The number of hydrogen-bond donors (Lipinski definition) is 1. The molecule has 0 aromatic carbocycles. The van der Waals surface area contributed by atoms with Crippen LogP contribution in [-0.4, -0.2) is 40.2 Å². The van der Waals surface area contributed by atoms with E-state index < -0.39 is 0 Å².